The summed E-state index contributed by atoms with van der Waals surface area (Å²) in [5.41, 5.74) is -2.14. The molecule has 1 heterocycles. The van der Waals surface area contributed by atoms with Gasteiger partial charge in [0.05, 0.1) is 18.1 Å². The van der Waals surface area contributed by atoms with E-state index in [0.29, 0.717) is 19.3 Å². The van der Waals surface area contributed by atoms with Crippen molar-refractivity contribution in [3.05, 3.63) is 24.3 Å². The minimum atomic E-state index is -1.30. The van der Waals surface area contributed by atoms with Gasteiger partial charge in [-0.15, -0.1) is 0 Å². The number of ether oxygens (including phenoxy) is 1. The normalized spacial score (nSPS) is 58.0. The molecule has 0 amide bonds. The summed E-state index contributed by atoms with van der Waals surface area (Å²) < 4.78 is 5.83. The second-order valence-corrected chi connectivity index (χ2v) is 8.87. The molecule has 4 aliphatic carbocycles. The van der Waals surface area contributed by atoms with Crippen LogP contribution in [0.3, 0.4) is 0 Å². The number of carbonyl (C=O) groups excluding carboxylic acids is 1. The van der Waals surface area contributed by atoms with Gasteiger partial charge in [-0.1, -0.05) is 18.2 Å². The van der Waals surface area contributed by atoms with Crippen LogP contribution in [0.15, 0.2) is 24.3 Å². The third-order valence-electron chi connectivity index (χ3n) is 7.99. The van der Waals surface area contributed by atoms with Crippen LogP contribution in [0.2, 0.25) is 0 Å². The van der Waals surface area contributed by atoms with Crippen LogP contribution in [-0.4, -0.2) is 45.1 Å². The van der Waals surface area contributed by atoms with Crippen molar-refractivity contribution < 1.29 is 29.6 Å². The van der Waals surface area contributed by atoms with Crippen LogP contribution >= 0.6 is 0 Å². The number of aliphatic hydroxyl groups is 2. The molecule has 0 unspecified atom stereocenters. The molecule has 5 aliphatic rings. The van der Waals surface area contributed by atoms with E-state index in [1.54, 1.807) is 19.1 Å². The van der Waals surface area contributed by atoms with Crippen LogP contribution in [0.4, 0.5) is 0 Å². The summed E-state index contributed by atoms with van der Waals surface area (Å²) in [5.74, 6) is -3.45. The minimum absolute atomic E-state index is 0.112. The molecule has 1 aliphatic heterocycles. The Labute approximate surface area is 145 Å². The molecule has 4 bridgehead atoms. The second-order valence-electron chi connectivity index (χ2n) is 8.87. The predicted octanol–water partition coefficient (Wildman–Crippen LogP) is 0.883. The molecule has 9 atom stereocenters. The zero-order valence-electron chi connectivity index (χ0n) is 14.0. The lowest BCUT2D eigenvalue weighted by Gasteiger charge is -2.45. The van der Waals surface area contributed by atoms with Crippen LogP contribution in [0.1, 0.15) is 26.2 Å². The van der Waals surface area contributed by atoms with Gasteiger partial charge < -0.3 is 20.1 Å². The molecule has 1 spiro atoms. The fourth-order valence-electron chi connectivity index (χ4n) is 7.22. The topological polar surface area (TPSA) is 104 Å². The third kappa shape index (κ3) is 1.40. The molecule has 6 nitrogen and oxygen atoms in total. The van der Waals surface area contributed by atoms with Gasteiger partial charge >= 0.3 is 11.9 Å². The van der Waals surface area contributed by atoms with E-state index in [0.717, 1.165) is 5.57 Å². The first kappa shape index (κ1) is 15.6. The van der Waals surface area contributed by atoms with Gasteiger partial charge in [0.2, 0.25) is 0 Å². The molecule has 0 aromatic rings. The third-order valence-corrected chi connectivity index (χ3v) is 7.99. The summed E-state index contributed by atoms with van der Waals surface area (Å²) in [4.78, 5) is 25.1. The summed E-state index contributed by atoms with van der Waals surface area (Å²) in [7, 11) is 0. The van der Waals surface area contributed by atoms with Crippen LogP contribution < -0.4 is 0 Å². The second kappa shape index (κ2) is 4.18. The highest BCUT2D eigenvalue weighted by molar-refractivity contribution is 5.86. The Balaban J connectivity index is 1.81. The van der Waals surface area contributed by atoms with Crippen LogP contribution in [-0.2, 0) is 14.3 Å². The molecule has 5 rings (SSSR count). The van der Waals surface area contributed by atoms with Crippen molar-refractivity contribution in [1.29, 1.82) is 0 Å². The molecule has 3 N–H and O–H groups in total. The van der Waals surface area contributed by atoms with Gasteiger partial charge in [0.1, 0.15) is 11.0 Å². The maximum Gasteiger partial charge on any atom is 0.316 e. The summed E-state index contributed by atoms with van der Waals surface area (Å²) in [5, 5.41) is 31.6. The zero-order chi connectivity index (χ0) is 17.9. The lowest BCUT2D eigenvalue weighted by atomic mass is 9.61. The number of rotatable bonds is 1. The number of carboxylic acids is 1. The number of esters is 1. The Morgan fingerprint density at radius 2 is 2.08 bits per heavy atom. The number of aliphatic carboxylic acids is 1. The number of fused-ring (bicyclic) bond motifs is 1. The summed E-state index contributed by atoms with van der Waals surface area (Å²) in [6.07, 6.45) is 3.08. The monoisotopic (exact) mass is 346 g/mol. The molecule has 0 aromatic heterocycles. The SMILES string of the molecule is C=C1C[C@]23C[C@H]1C[C@H](O)[C@H]2[C@@]12C=C[C@H](O)[C@@](C)(C(=O)O1)[C@H]2[C@@H]3C(=O)O. The van der Waals surface area contributed by atoms with E-state index in [1.165, 1.54) is 0 Å². The van der Waals surface area contributed by atoms with E-state index < -0.39 is 58.3 Å². The number of carboxylic acid groups (broad SMARTS) is 1. The first-order valence-corrected chi connectivity index (χ1v) is 8.88. The number of aliphatic hydroxyl groups excluding tert-OH is 2. The van der Waals surface area contributed by atoms with E-state index in [9.17, 15) is 24.9 Å². The Hall–Kier alpha value is -1.66. The maximum absolute atomic E-state index is 12.7. The summed E-state index contributed by atoms with van der Waals surface area (Å²) >= 11 is 0. The fourth-order valence-corrected chi connectivity index (χ4v) is 7.22. The highest BCUT2D eigenvalue weighted by Crippen LogP contribution is 2.76. The number of hydrogen-bond acceptors (Lipinski definition) is 5. The smallest absolute Gasteiger partial charge is 0.316 e. The quantitative estimate of drug-likeness (QED) is 0.481. The van der Waals surface area contributed by atoms with Crippen LogP contribution in [0, 0.1) is 34.5 Å². The first-order chi connectivity index (χ1) is 11.7. The molecule has 3 saturated carbocycles. The Kier molecular flexibility index (Phi) is 2.60. The van der Waals surface area contributed by atoms with Crippen molar-refractivity contribution in [3.63, 3.8) is 0 Å². The van der Waals surface area contributed by atoms with E-state index in [-0.39, 0.29) is 5.92 Å². The largest absolute Gasteiger partial charge is 0.481 e. The number of hydrogen-bond donors (Lipinski definition) is 3. The molecule has 1 saturated heterocycles. The average molecular weight is 346 g/mol. The average Bonchev–Trinajstić information content (AvgIpc) is 2.99. The molecule has 6 heteroatoms. The molecule has 25 heavy (non-hydrogen) atoms. The van der Waals surface area contributed by atoms with Crippen LogP contribution in [0.5, 0.6) is 0 Å². The first-order valence-electron chi connectivity index (χ1n) is 8.88. The molecule has 0 radical (unpaired) electrons. The predicted molar refractivity (Wildman–Crippen MR) is 85.1 cm³/mol. The van der Waals surface area contributed by atoms with E-state index in [2.05, 4.69) is 6.58 Å². The highest BCUT2D eigenvalue weighted by Gasteiger charge is 2.83. The lowest BCUT2D eigenvalue weighted by molar-refractivity contribution is -0.166. The van der Waals surface area contributed by atoms with E-state index >= 15 is 0 Å². The van der Waals surface area contributed by atoms with Gasteiger partial charge in [0.25, 0.3) is 0 Å². The Morgan fingerprint density at radius 1 is 1.36 bits per heavy atom. The number of allylic oxidation sites excluding steroid dienone is 1. The van der Waals surface area contributed by atoms with Crippen molar-refractivity contribution in [3.8, 4) is 0 Å². The minimum Gasteiger partial charge on any atom is -0.481 e. The van der Waals surface area contributed by atoms with Gasteiger partial charge in [-0.05, 0) is 43.6 Å². The summed E-state index contributed by atoms with van der Waals surface area (Å²) in [6.45, 7) is 5.73. The highest BCUT2D eigenvalue weighted by atomic mass is 16.6. The molecule has 134 valence electrons. The van der Waals surface area contributed by atoms with Crippen molar-refractivity contribution in [2.45, 2.75) is 44.0 Å². The number of carbonyl (C=O) groups is 2. The van der Waals surface area contributed by atoms with Gasteiger partial charge in [-0.25, -0.2) is 0 Å². The zero-order valence-corrected chi connectivity index (χ0v) is 14.0. The van der Waals surface area contributed by atoms with Crippen molar-refractivity contribution in [1.82, 2.24) is 0 Å². The van der Waals surface area contributed by atoms with E-state index in [1.807, 2.05) is 0 Å². The van der Waals surface area contributed by atoms with Gasteiger partial charge in [0.15, 0.2) is 0 Å². The molecular weight excluding hydrogens is 324 g/mol. The van der Waals surface area contributed by atoms with Crippen LogP contribution in [0.25, 0.3) is 0 Å². The van der Waals surface area contributed by atoms with Gasteiger partial charge in [-0.2, -0.15) is 0 Å². The lowest BCUT2D eigenvalue weighted by Crippen LogP contribution is -2.52. The molecule has 0 aromatic carbocycles. The van der Waals surface area contributed by atoms with Gasteiger partial charge in [0, 0.05) is 11.8 Å². The maximum atomic E-state index is 12.7. The molecular formula is C19H22O6. The van der Waals surface area contributed by atoms with Crippen molar-refractivity contribution in [2.24, 2.45) is 34.5 Å². The fraction of sp³-hybridized carbons (Fsp3) is 0.684. The van der Waals surface area contributed by atoms with Crippen molar-refractivity contribution in [2.75, 3.05) is 0 Å². The standard InChI is InChI=1S/C19H22O6/c1-8-6-18-7-9(8)5-10(20)13(18)19-4-3-11(21)17(2,16(24)25-19)14(19)12(18)15(22)23/h3-4,9-14,20-21H,1,5-7H2,2H3,(H,22,23)/t9-,10+,11+,12-,13-,14-,17-,18-,19-/m1/s1. The summed E-state index contributed by atoms with van der Waals surface area (Å²) in [6, 6.07) is 0. The van der Waals surface area contributed by atoms with E-state index in [4.69, 9.17) is 4.74 Å². The Morgan fingerprint density at radius 3 is 2.76 bits per heavy atom. The van der Waals surface area contributed by atoms with Crippen molar-refractivity contribution >= 4 is 11.9 Å². The Bertz CT molecular complexity index is 757. The molecule has 4 fully saturated rings. The van der Waals surface area contributed by atoms with Gasteiger partial charge in [-0.3, -0.25) is 9.59 Å².